The van der Waals surface area contributed by atoms with E-state index in [0.717, 1.165) is 0 Å². The molecular weight excluding hydrogens is 302 g/mol. The SMILES string of the molecule is O[C@@H]1CC(c2cccc(Cl)c2F)Oc2ccc(Cl)cc21. The van der Waals surface area contributed by atoms with Crippen LogP contribution in [0.3, 0.4) is 0 Å². The van der Waals surface area contributed by atoms with E-state index in [2.05, 4.69) is 0 Å². The number of halogens is 3. The normalized spacial score (nSPS) is 21.2. The van der Waals surface area contributed by atoms with E-state index < -0.39 is 18.0 Å². The lowest BCUT2D eigenvalue weighted by Crippen LogP contribution is -2.20. The highest BCUT2D eigenvalue weighted by molar-refractivity contribution is 6.31. The van der Waals surface area contributed by atoms with Crippen LogP contribution in [0.1, 0.15) is 29.8 Å². The smallest absolute Gasteiger partial charge is 0.148 e. The van der Waals surface area contributed by atoms with Gasteiger partial charge in [0, 0.05) is 22.6 Å². The van der Waals surface area contributed by atoms with Crippen LogP contribution in [-0.2, 0) is 0 Å². The number of rotatable bonds is 1. The molecule has 2 nitrogen and oxygen atoms in total. The highest BCUT2D eigenvalue weighted by atomic mass is 35.5. The Labute approximate surface area is 125 Å². The second-order valence-electron chi connectivity index (χ2n) is 4.68. The molecule has 2 aromatic rings. The van der Waals surface area contributed by atoms with Gasteiger partial charge < -0.3 is 9.84 Å². The highest BCUT2D eigenvalue weighted by Crippen LogP contribution is 2.42. The van der Waals surface area contributed by atoms with Crippen LogP contribution >= 0.6 is 23.2 Å². The number of benzene rings is 2. The van der Waals surface area contributed by atoms with Crippen molar-refractivity contribution in [1.29, 1.82) is 0 Å². The minimum atomic E-state index is -0.749. The fourth-order valence-corrected chi connectivity index (χ4v) is 2.74. The Bertz CT molecular complexity index is 660. The summed E-state index contributed by atoms with van der Waals surface area (Å²) in [6.45, 7) is 0. The number of fused-ring (bicyclic) bond motifs is 1. The average Bonchev–Trinajstić information content (AvgIpc) is 2.42. The van der Waals surface area contributed by atoms with E-state index in [-0.39, 0.29) is 11.4 Å². The predicted molar refractivity (Wildman–Crippen MR) is 75.8 cm³/mol. The van der Waals surface area contributed by atoms with Crippen molar-refractivity contribution in [2.75, 3.05) is 0 Å². The molecule has 0 fully saturated rings. The maximum Gasteiger partial charge on any atom is 0.148 e. The molecule has 0 aliphatic carbocycles. The monoisotopic (exact) mass is 312 g/mol. The van der Waals surface area contributed by atoms with Gasteiger partial charge in [-0.25, -0.2) is 4.39 Å². The molecule has 20 heavy (non-hydrogen) atoms. The fraction of sp³-hybridized carbons (Fsp3) is 0.200. The molecule has 0 amide bonds. The van der Waals surface area contributed by atoms with Gasteiger partial charge in [0.2, 0.25) is 0 Å². The summed E-state index contributed by atoms with van der Waals surface area (Å²) in [5.41, 5.74) is 0.966. The van der Waals surface area contributed by atoms with E-state index in [9.17, 15) is 9.50 Å². The van der Waals surface area contributed by atoms with Crippen LogP contribution in [-0.4, -0.2) is 5.11 Å². The molecule has 1 N–H and O–H groups in total. The number of hydrogen-bond donors (Lipinski definition) is 1. The lowest BCUT2D eigenvalue weighted by atomic mass is 9.95. The van der Waals surface area contributed by atoms with E-state index >= 15 is 0 Å². The fourth-order valence-electron chi connectivity index (χ4n) is 2.38. The van der Waals surface area contributed by atoms with E-state index in [0.29, 0.717) is 21.9 Å². The Hall–Kier alpha value is -1.29. The van der Waals surface area contributed by atoms with Gasteiger partial charge in [-0.05, 0) is 24.3 Å². The maximum absolute atomic E-state index is 14.0. The van der Waals surface area contributed by atoms with Gasteiger partial charge in [0.25, 0.3) is 0 Å². The van der Waals surface area contributed by atoms with Gasteiger partial charge in [0.15, 0.2) is 0 Å². The molecule has 0 spiro atoms. The number of ether oxygens (including phenoxy) is 1. The van der Waals surface area contributed by atoms with Crippen LogP contribution < -0.4 is 4.74 Å². The molecule has 0 bridgehead atoms. The quantitative estimate of drug-likeness (QED) is 0.827. The summed E-state index contributed by atoms with van der Waals surface area (Å²) in [6.07, 6.45) is -1.07. The topological polar surface area (TPSA) is 29.5 Å². The Morgan fingerprint density at radius 1 is 1.15 bits per heavy atom. The Morgan fingerprint density at radius 2 is 1.95 bits per heavy atom. The molecule has 1 aliphatic heterocycles. The van der Waals surface area contributed by atoms with Crippen LogP contribution in [0.5, 0.6) is 5.75 Å². The molecule has 1 heterocycles. The number of hydrogen-bond acceptors (Lipinski definition) is 2. The first-order valence-electron chi connectivity index (χ1n) is 6.14. The summed E-state index contributed by atoms with van der Waals surface area (Å²) in [4.78, 5) is 0. The van der Waals surface area contributed by atoms with Gasteiger partial charge in [-0.1, -0.05) is 35.3 Å². The van der Waals surface area contributed by atoms with Crippen LogP contribution in [0.2, 0.25) is 10.0 Å². The van der Waals surface area contributed by atoms with Crippen molar-refractivity contribution >= 4 is 23.2 Å². The standard InChI is InChI=1S/C15H11Cl2FO2/c16-8-4-5-13-10(6-8)12(19)7-14(20-13)9-2-1-3-11(17)15(9)18/h1-6,12,14,19H,7H2/t12-,14?/m1/s1. The van der Waals surface area contributed by atoms with Crippen molar-refractivity contribution in [3.05, 3.63) is 63.4 Å². The molecular formula is C15H11Cl2FO2. The molecule has 104 valence electrons. The average molecular weight is 313 g/mol. The molecule has 5 heteroatoms. The molecule has 0 aromatic heterocycles. The summed E-state index contributed by atoms with van der Waals surface area (Å²) in [7, 11) is 0. The maximum atomic E-state index is 14.0. The van der Waals surface area contributed by atoms with Crippen molar-refractivity contribution in [2.24, 2.45) is 0 Å². The minimum absolute atomic E-state index is 0.0440. The van der Waals surface area contributed by atoms with Gasteiger partial charge >= 0.3 is 0 Å². The summed E-state index contributed by atoms with van der Waals surface area (Å²) < 4.78 is 19.8. The highest BCUT2D eigenvalue weighted by Gasteiger charge is 2.30. The molecule has 0 radical (unpaired) electrons. The molecule has 1 aliphatic rings. The van der Waals surface area contributed by atoms with Crippen molar-refractivity contribution in [3.8, 4) is 5.75 Å². The third-order valence-electron chi connectivity index (χ3n) is 3.37. The number of aliphatic hydroxyl groups is 1. The Morgan fingerprint density at radius 3 is 2.75 bits per heavy atom. The van der Waals surface area contributed by atoms with E-state index in [1.165, 1.54) is 6.07 Å². The van der Waals surface area contributed by atoms with E-state index in [1.807, 2.05) is 0 Å². The molecule has 1 unspecified atom stereocenters. The van der Waals surface area contributed by atoms with E-state index in [4.69, 9.17) is 27.9 Å². The minimum Gasteiger partial charge on any atom is -0.485 e. The van der Waals surface area contributed by atoms with Gasteiger partial charge in [-0.3, -0.25) is 0 Å². The summed E-state index contributed by atoms with van der Waals surface area (Å²) in [5, 5.41) is 10.8. The van der Waals surface area contributed by atoms with Crippen molar-refractivity contribution in [2.45, 2.75) is 18.6 Å². The first kappa shape index (κ1) is 13.7. The summed E-state index contributed by atoms with van der Waals surface area (Å²) >= 11 is 11.7. The third-order valence-corrected chi connectivity index (χ3v) is 3.89. The third kappa shape index (κ3) is 2.37. The first-order valence-corrected chi connectivity index (χ1v) is 6.90. The van der Waals surface area contributed by atoms with E-state index in [1.54, 1.807) is 30.3 Å². The van der Waals surface area contributed by atoms with Gasteiger partial charge in [-0.2, -0.15) is 0 Å². The Balaban J connectivity index is 1.99. The zero-order valence-electron chi connectivity index (χ0n) is 10.3. The first-order chi connectivity index (χ1) is 9.56. The van der Waals surface area contributed by atoms with Crippen molar-refractivity contribution < 1.29 is 14.2 Å². The van der Waals surface area contributed by atoms with Gasteiger partial charge in [0.1, 0.15) is 17.7 Å². The van der Waals surface area contributed by atoms with Crippen molar-refractivity contribution in [1.82, 2.24) is 0 Å². The van der Waals surface area contributed by atoms with Gasteiger partial charge in [0.05, 0.1) is 11.1 Å². The molecule has 3 rings (SSSR count). The van der Waals surface area contributed by atoms with Crippen LogP contribution in [0.15, 0.2) is 36.4 Å². The summed E-state index contributed by atoms with van der Waals surface area (Å²) in [5.74, 6) is 0.00121. The van der Waals surface area contributed by atoms with Gasteiger partial charge in [-0.15, -0.1) is 0 Å². The number of aliphatic hydroxyl groups excluding tert-OH is 1. The molecule has 2 atom stereocenters. The lowest BCUT2D eigenvalue weighted by molar-refractivity contribution is 0.0640. The zero-order chi connectivity index (χ0) is 14.3. The lowest BCUT2D eigenvalue weighted by Gasteiger charge is -2.30. The molecule has 0 saturated heterocycles. The predicted octanol–water partition coefficient (Wildman–Crippen LogP) is 4.69. The zero-order valence-corrected chi connectivity index (χ0v) is 11.8. The van der Waals surface area contributed by atoms with Crippen molar-refractivity contribution in [3.63, 3.8) is 0 Å². The second kappa shape index (κ2) is 5.24. The Kier molecular flexibility index (Phi) is 3.59. The molecule has 2 aromatic carbocycles. The molecule has 0 saturated carbocycles. The van der Waals surface area contributed by atoms with Crippen LogP contribution in [0.25, 0.3) is 0 Å². The second-order valence-corrected chi connectivity index (χ2v) is 5.53. The largest absolute Gasteiger partial charge is 0.485 e. The summed E-state index contributed by atoms with van der Waals surface area (Å²) in [6, 6.07) is 9.76. The van der Waals surface area contributed by atoms with Crippen LogP contribution in [0, 0.1) is 5.82 Å². The van der Waals surface area contributed by atoms with Crippen LogP contribution in [0.4, 0.5) is 4.39 Å².